The minimum atomic E-state index is -2.47. The average Bonchev–Trinajstić information content (AvgIpc) is 0.778. The SMILES string of the molecule is CN(Cc1ccc(-c2ccccc2)cc1)[C@H]1C(=O)N[C@@H]2Cc3ccc(cc3)Oc3cc4cc(c3O[C@@H]3OC(C(=O)O)C(O)[C@H](O)C3NCc3ccc(-c5ccccc5)cc3)Oc3ccc(cc3Cl)[C@@H](O)C3NC(=O)[C@H](NC(=O)[C@@H]4NC(=O)[C@@H](NC2=O)c2cc(cc(O)c2Cl)Oc2cc1ccc2O)c1ccc(O)c(c1)-c1c(O[C@H]2O[C@H](CO)[C@@H](O)[C@H](O)[C@@H]2O)cc(O)cc1[C@@H](C(=O)O)NC3=O. The summed E-state index contributed by atoms with van der Waals surface area (Å²) >= 11 is 14.4. The summed E-state index contributed by atoms with van der Waals surface area (Å²) in [5, 5.41) is 167. The zero-order chi connectivity index (χ0) is 95.2. The van der Waals surface area contributed by atoms with Crippen LogP contribution < -0.4 is 60.9 Å². The first-order valence-corrected chi connectivity index (χ1v) is 43.0. The Morgan fingerprint density at radius 2 is 1.07 bits per heavy atom. The summed E-state index contributed by atoms with van der Waals surface area (Å²) < 4.78 is 44.9. The Balaban J connectivity index is 0.859. The molecular formula is C97H86Cl2N8O28. The van der Waals surface area contributed by atoms with E-state index in [-0.39, 0.29) is 41.5 Å². The standard InChI is InChI=1S/C97H86Cl2N8O28/c1-107(41-45-14-20-49(21-15-45)47-10-6-3-7-11-47)79-51-23-28-63(111)66(33-51)130-56-38-59(72(99)64(112)39-56)75-91(122)103-74-53-34-68(129-55-25-16-43(17-26-55)30-61(88(119)104-75)101-93(79)124)86(134-96-78(82(115)84(117)87(135-96)95(127)128)100-40-44-12-18-48(19-13-44)46-8-4-2-5-9-46)69(35-53)131-65-29-24-52(32-60(65)98)80(113)77-92(123)105-76(94(125)126)58-36-54(109)37-67(132-97-85(118)83(116)81(114)70(42-108)133-97)71(58)57-31-50(22-27-62(57)110)73(89(120)106-77)102-90(74)121/h2-29,31-39,61,70,73-85,87,96-97,100,108-118H,30,40-42H2,1H3,(H,101,124)(H,102,121)(H,103,122)(H,104,119)(H,105,123)(H,106,120)(H,125,126)(H,127,128)/t61-,70-,73-,74-,75+,76+,77?,78?,79-,80-,81-,82-,83+,84?,85+,87?,96-,97+/m1/s1. The number of likely N-dealkylation sites (N-methyl/N-ethyl adjacent to an activating group) is 1. The third kappa shape index (κ3) is 19.2. The van der Waals surface area contributed by atoms with Crippen molar-refractivity contribution in [3.8, 4) is 102 Å². The van der Waals surface area contributed by atoms with Crippen LogP contribution in [0.4, 0.5) is 0 Å². The molecule has 2 fully saturated rings. The van der Waals surface area contributed by atoms with Crippen molar-refractivity contribution in [3.63, 3.8) is 0 Å². The molecule has 8 heterocycles. The van der Waals surface area contributed by atoms with Crippen molar-refractivity contribution in [1.82, 2.24) is 42.1 Å². The summed E-state index contributed by atoms with van der Waals surface area (Å²) in [6, 6.07) is 38.9. The summed E-state index contributed by atoms with van der Waals surface area (Å²) in [6.45, 7) is -1.05. The van der Waals surface area contributed by atoms with Gasteiger partial charge in [-0.15, -0.1) is 0 Å². The number of benzene rings is 11. The van der Waals surface area contributed by atoms with E-state index >= 15 is 28.8 Å². The lowest BCUT2D eigenvalue weighted by atomic mass is 9.89. The number of nitrogens with zero attached hydrogens (tertiary/aromatic N) is 1. The highest BCUT2D eigenvalue weighted by atomic mass is 35.5. The van der Waals surface area contributed by atoms with Crippen LogP contribution in [0.15, 0.2) is 224 Å². The molecule has 135 heavy (non-hydrogen) atoms. The molecule has 38 heteroatoms. The van der Waals surface area contributed by atoms with Gasteiger partial charge in [-0.25, -0.2) is 9.59 Å². The highest BCUT2D eigenvalue weighted by Gasteiger charge is 2.51. The molecule has 2 saturated heterocycles. The van der Waals surface area contributed by atoms with Gasteiger partial charge in [0.2, 0.25) is 53.8 Å². The molecule has 4 unspecified atom stereocenters. The Hall–Kier alpha value is -14.5. The van der Waals surface area contributed by atoms with Gasteiger partial charge in [-0.2, -0.15) is 0 Å². The lowest BCUT2D eigenvalue weighted by Crippen LogP contribution is -2.65. The van der Waals surface area contributed by atoms with Crippen LogP contribution in [0, 0.1) is 0 Å². The maximum atomic E-state index is 16.9. The average molecular weight is 1880 g/mol. The second-order valence-corrected chi connectivity index (χ2v) is 33.9. The highest BCUT2D eigenvalue weighted by molar-refractivity contribution is 6.33. The van der Waals surface area contributed by atoms with E-state index in [0.717, 1.165) is 101 Å². The van der Waals surface area contributed by atoms with E-state index in [4.69, 9.17) is 56.4 Å². The van der Waals surface area contributed by atoms with Gasteiger partial charge in [0, 0.05) is 53.9 Å². The van der Waals surface area contributed by atoms with E-state index in [9.17, 15) is 76.0 Å². The summed E-state index contributed by atoms with van der Waals surface area (Å²) in [5.74, 6) is -18.5. The van der Waals surface area contributed by atoms with Crippen LogP contribution in [0.5, 0.6) is 69.0 Å². The predicted molar refractivity (Wildman–Crippen MR) is 477 cm³/mol. The Bertz CT molecular complexity index is 6430. The lowest BCUT2D eigenvalue weighted by Gasteiger charge is -2.41. The van der Waals surface area contributed by atoms with Gasteiger partial charge < -0.3 is 137 Å². The number of rotatable bonds is 15. The van der Waals surface area contributed by atoms with Crippen molar-refractivity contribution < 1.29 is 138 Å². The van der Waals surface area contributed by atoms with Crippen LogP contribution in [-0.4, -0.2) is 206 Å². The first kappa shape index (κ1) is 92.4. The van der Waals surface area contributed by atoms with E-state index in [2.05, 4.69) is 37.2 Å². The molecule has 0 aromatic heterocycles. The van der Waals surface area contributed by atoms with Gasteiger partial charge in [0.25, 0.3) is 0 Å². The number of carboxylic acid groups (broad SMARTS) is 2. The molecule has 18 atom stereocenters. The number of aliphatic hydroxyl groups is 7. The Kier molecular flexibility index (Phi) is 26.4. The summed E-state index contributed by atoms with van der Waals surface area (Å²) in [4.78, 5) is 126. The van der Waals surface area contributed by atoms with Gasteiger partial charge in [-0.3, -0.25) is 33.7 Å². The topological polar surface area (TPSA) is 552 Å². The van der Waals surface area contributed by atoms with E-state index in [0.29, 0.717) is 11.1 Å². The molecule has 19 rings (SSSR count). The van der Waals surface area contributed by atoms with Crippen molar-refractivity contribution in [2.24, 2.45) is 0 Å². The van der Waals surface area contributed by atoms with Crippen molar-refractivity contribution in [1.29, 1.82) is 0 Å². The fourth-order valence-electron chi connectivity index (χ4n) is 17.1. The van der Waals surface area contributed by atoms with E-state index in [1.54, 1.807) is 24.1 Å². The number of carbonyl (C=O) groups is 8. The molecule has 8 aliphatic rings. The molecule has 6 amide bonds. The summed E-state index contributed by atoms with van der Waals surface area (Å²) in [6.07, 6.45) is -21.4. The normalized spacial score (nSPS) is 25.0. The number of ether oxygens (including phenoxy) is 7. The maximum absolute atomic E-state index is 16.9. The zero-order valence-electron chi connectivity index (χ0n) is 70.7. The maximum Gasteiger partial charge on any atom is 0.335 e. The summed E-state index contributed by atoms with van der Waals surface area (Å²) in [7, 11) is 1.64. The second-order valence-electron chi connectivity index (χ2n) is 33.1. The van der Waals surface area contributed by atoms with E-state index in [1.807, 2.05) is 97.1 Å². The third-order valence-corrected chi connectivity index (χ3v) is 24.8. The number of aromatic hydroxyl groups is 4. The van der Waals surface area contributed by atoms with Crippen molar-refractivity contribution in [2.45, 2.75) is 129 Å². The molecule has 8 aliphatic heterocycles. The van der Waals surface area contributed by atoms with Crippen LogP contribution in [0.2, 0.25) is 10.0 Å². The first-order valence-electron chi connectivity index (χ1n) is 42.3. The Morgan fingerprint density at radius 3 is 1.73 bits per heavy atom. The van der Waals surface area contributed by atoms with Crippen molar-refractivity contribution in [2.75, 3.05) is 13.7 Å². The van der Waals surface area contributed by atoms with Gasteiger partial charge >= 0.3 is 11.9 Å². The number of aliphatic hydroxyl groups excluding tert-OH is 7. The molecular weight excluding hydrogens is 1800 g/mol. The largest absolute Gasteiger partial charge is 0.508 e. The van der Waals surface area contributed by atoms with Crippen LogP contribution in [-0.2, 0) is 67.3 Å². The van der Waals surface area contributed by atoms with Crippen molar-refractivity contribution >= 4 is 70.6 Å². The fraction of sp³-hybridized carbons (Fsp3) is 0.237. The smallest absolute Gasteiger partial charge is 0.335 e. The fourth-order valence-corrected chi connectivity index (χ4v) is 17.5. The minimum Gasteiger partial charge on any atom is -0.508 e. The number of carbonyl (C=O) groups excluding carboxylic acids is 6. The molecule has 36 nitrogen and oxygen atoms in total. The molecule has 0 saturated carbocycles. The van der Waals surface area contributed by atoms with E-state index < -0.39 is 265 Å². The number of hydrogen-bond acceptors (Lipinski definition) is 28. The van der Waals surface area contributed by atoms with Crippen LogP contribution in [0.25, 0.3) is 33.4 Å². The zero-order valence-corrected chi connectivity index (χ0v) is 72.2. The monoisotopic (exact) mass is 1880 g/mol. The van der Waals surface area contributed by atoms with Gasteiger partial charge in [0.15, 0.2) is 35.1 Å². The molecule has 17 bridgehead atoms. The summed E-state index contributed by atoms with van der Waals surface area (Å²) in [5.41, 5.74) is 1.67. The Morgan fingerprint density at radius 1 is 0.474 bits per heavy atom. The number of carboxylic acids is 2. The number of amides is 6. The van der Waals surface area contributed by atoms with Crippen molar-refractivity contribution in [3.05, 3.63) is 285 Å². The third-order valence-electron chi connectivity index (χ3n) is 24.1. The van der Waals surface area contributed by atoms with Crippen LogP contribution in [0.3, 0.4) is 0 Å². The lowest BCUT2D eigenvalue weighted by molar-refractivity contribution is -0.277. The van der Waals surface area contributed by atoms with Gasteiger partial charge in [-0.05, 0) is 141 Å². The second kappa shape index (κ2) is 38.6. The minimum absolute atomic E-state index is 0.0758. The number of hydrogen-bond donors (Lipinski definition) is 20. The predicted octanol–water partition coefficient (Wildman–Crippen LogP) is 7.33. The molecule has 11 aromatic rings. The van der Waals surface area contributed by atoms with Gasteiger partial charge in [0.05, 0.1) is 22.7 Å². The number of fused-ring (bicyclic) bond motifs is 14. The number of aliphatic carboxylic acids is 2. The Labute approximate surface area is 776 Å². The number of phenols is 4. The quantitative estimate of drug-likeness (QED) is 0.0477. The molecule has 0 aliphatic carbocycles. The van der Waals surface area contributed by atoms with E-state index in [1.165, 1.54) is 42.5 Å². The molecule has 0 spiro atoms. The molecule has 0 radical (unpaired) electrons. The first-order chi connectivity index (χ1) is 64.8. The molecule has 20 N–H and O–H groups in total. The number of nitrogens with one attached hydrogen (secondary N) is 7. The van der Waals surface area contributed by atoms with Crippen LogP contribution in [0.1, 0.15) is 86.4 Å². The van der Waals surface area contributed by atoms with Gasteiger partial charge in [-0.1, -0.05) is 163 Å². The highest BCUT2D eigenvalue weighted by Crippen LogP contribution is 2.51. The van der Waals surface area contributed by atoms with Gasteiger partial charge in [0.1, 0.15) is 119 Å². The number of halogens is 2. The molecule has 11 aromatic carbocycles. The molecule has 696 valence electrons. The number of phenolic OH excluding ortho intramolecular Hbond substituents is 4. The van der Waals surface area contributed by atoms with Crippen LogP contribution >= 0.6 is 23.2 Å².